The van der Waals surface area contributed by atoms with Crippen LogP contribution >= 0.6 is 0 Å². The molecule has 13 heteroatoms. The average molecular weight is 561 g/mol. The minimum absolute atomic E-state index is 0.151. The normalized spacial score (nSPS) is 19.6. The first-order valence-corrected chi connectivity index (χ1v) is 13.1. The van der Waals surface area contributed by atoms with Gasteiger partial charge in [-0.25, -0.2) is 9.59 Å². The van der Waals surface area contributed by atoms with E-state index in [1.54, 1.807) is 22.8 Å². The summed E-state index contributed by atoms with van der Waals surface area (Å²) in [5.74, 6) is -1.39. The highest BCUT2D eigenvalue weighted by Gasteiger charge is 2.43. The van der Waals surface area contributed by atoms with E-state index in [2.05, 4.69) is 10.2 Å². The van der Waals surface area contributed by atoms with Crippen molar-refractivity contribution in [2.75, 3.05) is 24.5 Å². The first-order chi connectivity index (χ1) is 19.0. The van der Waals surface area contributed by atoms with Crippen molar-refractivity contribution >= 4 is 23.1 Å². The number of alkyl halides is 3. The third kappa shape index (κ3) is 5.05. The van der Waals surface area contributed by atoms with Crippen molar-refractivity contribution in [3.8, 4) is 0 Å². The molecule has 2 aromatic heterocycles. The average Bonchev–Trinajstić information content (AvgIpc) is 3.62. The molecule has 1 N–H and O–H groups in total. The molecule has 2 aliphatic heterocycles. The summed E-state index contributed by atoms with van der Waals surface area (Å²) in [7, 11) is 1.46. The van der Waals surface area contributed by atoms with Crippen LogP contribution in [0.4, 0.5) is 19.1 Å². The van der Waals surface area contributed by atoms with Crippen LogP contribution in [0.15, 0.2) is 51.6 Å². The first kappa shape index (κ1) is 27.7. The van der Waals surface area contributed by atoms with Gasteiger partial charge in [-0.2, -0.15) is 18.2 Å². The van der Waals surface area contributed by atoms with Crippen LogP contribution in [0.25, 0.3) is 11.2 Å². The lowest BCUT2D eigenvalue weighted by molar-refractivity contribution is -0.206. The molecule has 1 aromatic carbocycles. The van der Waals surface area contributed by atoms with Crippen LogP contribution in [0.3, 0.4) is 0 Å². The molecule has 3 atom stereocenters. The number of aryl methyl sites for hydroxylation is 1. The summed E-state index contributed by atoms with van der Waals surface area (Å²) >= 11 is 0. The number of carbonyl (C=O) groups is 1. The number of hydrogen-bond donors (Lipinski definition) is 1. The fourth-order valence-electron chi connectivity index (χ4n) is 5.52. The molecule has 10 nitrogen and oxygen atoms in total. The van der Waals surface area contributed by atoms with E-state index in [1.165, 1.54) is 23.7 Å². The van der Waals surface area contributed by atoms with E-state index in [0.29, 0.717) is 18.4 Å². The lowest BCUT2D eigenvalue weighted by Crippen LogP contribution is -2.42. The highest BCUT2D eigenvalue weighted by atomic mass is 19.4. The Kier molecular flexibility index (Phi) is 7.34. The number of fused-ring (bicyclic) bond motifs is 2. The molecule has 5 rings (SSSR count). The van der Waals surface area contributed by atoms with Crippen molar-refractivity contribution in [2.45, 2.75) is 51.7 Å². The standard InChI is InChI=1S/C27H31F3N6O4/c1-16(2)9-11-35-21-22(32-25(35)34-12-10-18-13-31-14-19(18)34)33(3)26(39)36(23(21)37)15-20(17-7-5-4-6-8-17)40-24(38)27(28,29)30/h4-9,18-20,31H,10-15H2,1-3H3/t18-,19+,20+/m1/s1. The number of rotatable bonds is 7. The number of anilines is 1. The molecule has 2 aliphatic rings. The quantitative estimate of drug-likeness (QED) is 0.350. The van der Waals surface area contributed by atoms with Crippen LogP contribution in [-0.2, 0) is 29.7 Å². The van der Waals surface area contributed by atoms with Gasteiger partial charge in [-0.15, -0.1) is 0 Å². The summed E-state index contributed by atoms with van der Waals surface area (Å²) < 4.78 is 47.9. The number of allylic oxidation sites excluding steroid dienone is 2. The van der Waals surface area contributed by atoms with Crippen molar-refractivity contribution in [1.29, 1.82) is 0 Å². The summed E-state index contributed by atoms with van der Waals surface area (Å²) in [6.07, 6.45) is -3.86. The van der Waals surface area contributed by atoms with E-state index >= 15 is 0 Å². The summed E-state index contributed by atoms with van der Waals surface area (Å²) in [5, 5.41) is 3.40. The predicted molar refractivity (Wildman–Crippen MR) is 142 cm³/mol. The number of esters is 1. The van der Waals surface area contributed by atoms with Gasteiger partial charge in [0.1, 0.15) is 6.10 Å². The van der Waals surface area contributed by atoms with Crippen molar-refractivity contribution < 1.29 is 22.7 Å². The molecular formula is C27H31F3N6O4. The summed E-state index contributed by atoms with van der Waals surface area (Å²) in [5.41, 5.74) is 0.0667. The summed E-state index contributed by atoms with van der Waals surface area (Å²) in [6, 6.07) is 7.92. The van der Waals surface area contributed by atoms with Crippen LogP contribution in [0, 0.1) is 5.92 Å². The third-order valence-electron chi connectivity index (χ3n) is 7.60. The largest absolute Gasteiger partial charge is 0.490 e. The maximum atomic E-state index is 13.9. The molecule has 2 fully saturated rings. The monoisotopic (exact) mass is 560 g/mol. The van der Waals surface area contributed by atoms with Gasteiger partial charge < -0.3 is 19.5 Å². The molecule has 0 saturated carbocycles. The minimum Gasteiger partial charge on any atom is -0.449 e. The van der Waals surface area contributed by atoms with Crippen molar-refractivity contribution in [3.05, 3.63) is 68.4 Å². The molecule has 0 aliphatic carbocycles. The molecular weight excluding hydrogens is 529 g/mol. The van der Waals surface area contributed by atoms with E-state index in [-0.39, 0.29) is 22.8 Å². The van der Waals surface area contributed by atoms with Gasteiger partial charge in [-0.3, -0.25) is 13.9 Å². The Morgan fingerprint density at radius 3 is 2.58 bits per heavy atom. The van der Waals surface area contributed by atoms with Crippen LogP contribution in [-0.4, -0.2) is 56.5 Å². The van der Waals surface area contributed by atoms with Gasteiger partial charge in [0.25, 0.3) is 5.56 Å². The number of ether oxygens (including phenoxy) is 1. The fourth-order valence-corrected chi connectivity index (χ4v) is 5.52. The zero-order valence-corrected chi connectivity index (χ0v) is 22.4. The number of halogens is 3. The second-order valence-electron chi connectivity index (χ2n) is 10.5. The highest BCUT2D eigenvalue weighted by Crippen LogP contribution is 2.33. The van der Waals surface area contributed by atoms with Crippen molar-refractivity contribution in [3.63, 3.8) is 0 Å². The molecule has 4 heterocycles. The maximum Gasteiger partial charge on any atom is 0.490 e. The van der Waals surface area contributed by atoms with E-state index < -0.39 is 36.0 Å². The second-order valence-corrected chi connectivity index (χ2v) is 10.5. The molecule has 0 unspecified atom stereocenters. The highest BCUT2D eigenvalue weighted by molar-refractivity contribution is 5.76. The third-order valence-corrected chi connectivity index (χ3v) is 7.60. The number of benzene rings is 1. The number of aromatic nitrogens is 4. The first-order valence-electron chi connectivity index (χ1n) is 13.1. The van der Waals surface area contributed by atoms with E-state index in [0.717, 1.165) is 36.2 Å². The van der Waals surface area contributed by atoms with E-state index in [1.807, 2.05) is 19.9 Å². The minimum atomic E-state index is -5.24. The van der Waals surface area contributed by atoms with Gasteiger partial charge in [-0.1, -0.05) is 42.0 Å². The van der Waals surface area contributed by atoms with Gasteiger partial charge >= 0.3 is 17.8 Å². The summed E-state index contributed by atoms with van der Waals surface area (Å²) in [4.78, 5) is 46.1. The number of nitrogens with one attached hydrogen (secondary N) is 1. The second kappa shape index (κ2) is 10.6. The molecule has 2 saturated heterocycles. The number of nitrogens with zero attached hydrogens (tertiary/aromatic N) is 5. The molecule has 0 spiro atoms. The van der Waals surface area contributed by atoms with E-state index in [4.69, 9.17) is 9.72 Å². The van der Waals surface area contributed by atoms with Gasteiger partial charge in [0.15, 0.2) is 11.2 Å². The van der Waals surface area contributed by atoms with Crippen LogP contribution in [0.1, 0.15) is 31.9 Å². The SMILES string of the molecule is CC(C)=CCn1c(N2CC[C@@H]3CNC[C@@H]32)nc2c1c(=O)n(C[C@H](OC(=O)C(F)(F)F)c1ccccc1)c(=O)n2C. The smallest absolute Gasteiger partial charge is 0.449 e. The van der Waals surface area contributed by atoms with Crippen LogP contribution in [0.2, 0.25) is 0 Å². The predicted octanol–water partition coefficient (Wildman–Crippen LogP) is 2.51. The number of carbonyl (C=O) groups excluding carboxylic acids is 1. The Hall–Kier alpha value is -3.87. The Labute approximate surface area is 227 Å². The zero-order chi connectivity index (χ0) is 28.8. The molecule has 3 aromatic rings. The Morgan fingerprint density at radius 2 is 1.90 bits per heavy atom. The van der Waals surface area contributed by atoms with Crippen molar-refractivity contribution in [2.24, 2.45) is 13.0 Å². The maximum absolute atomic E-state index is 13.9. The Balaban J connectivity index is 1.65. The molecule has 214 valence electrons. The molecule has 0 amide bonds. The molecule has 0 radical (unpaired) electrons. The zero-order valence-electron chi connectivity index (χ0n) is 22.4. The Bertz CT molecular complexity index is 1570. The van der Waals surface area contributed by atoms with Crippen LogP contribution in [0.5, 0.6) is 0 Å². The van der Waals surface area contributed by atoms with Gasteiger partial charge in [0.05, 0.1) is 6.54 Å². The number of hydrogen-bond acceptors (Lipinski definition) is 7. The topological polar surface area (TPSA) is 103 Å². The lowest BCUT2D eigenvalue weighted by Gasteiger charge is -2.25. The van der Waals surface area contributed by atoms with Gasteiger partial charge in [0, 0.05) is 39.3 Å². The van der Waals surface area contributed by atoms with Gasteiger partial charge in [0.2, 0.25) is 5.95 Å². The lowest BCUT2D eigenvalue weighted by atomic mass is 10.1. The summed E-state index contributed by atoms with van der Waals surface area (Å²) in [6.45, 7) is 6.00. The van der Waals surface area contributed by atoms with Crippen LogP contribution < -0.4 is 21.5 Å². The van der Waals surface area contributed by atoms with Crippen molar-refractivity contribution in [1.82, 2.24) is 24.0 Å². The fraction of sp³-hybridized carbons (Fsp3) is 0.481. The molecule has 0 bridgehead atoms. The van der Waals surface area contributed by atoms with E-state index in [9.17, 15) is 27.6 Å². The number of imidazole rings is 1. The molecule has 40 heavy (non-hydrogen) atoms. The van der Waals surface area contributed by atoms with Gasteiger partial charge in [-0.05, 0) is 31.7 Å². The Morgan fingerprint density at radius 1 is 1.18 bits per heavy atom.